The van der Waals surface area contributed by atoms with E-state index < -0.39 is 22.4 Å². The lowest BCUT2D eigenvalue weighted by molar-refractivity contribution is -0.383. The summed E-state index contributed by atoms with van der Waals surface area (Å²) in [4.78, 5) is 18.7. The third kappa shape index (κ3) is 4.72. The average Bonchev–Trinajstić information content (AvgIpc) is 2.64. The summed E-state index contributed by atoms with van der Waals surface area (Å²) in [5.74, 6) is -0.273. The Morgan fingerprint density at radius 2 is 1.55 bits per heavy atom. The molecule has 0 saturated heterocycles. The Bertz CT molecular complexity index is 1060. The molecule has 1 heterocycles. The fraction of sp³-hybridized carbons (Fsp3) is 0.111. The van der Waals surface area contributed by atoms with Gasteiger partial charge in [0.25, 0.3) is 0 Å². The molecule has 150 valence electrons. The second-order valence-electron chi connectivity index (χ2n) is 5.97. The molecule has 0 bridgehead atoms. The lowest BCUT2D eigenvalue weighted by Gasteiger charge is -2.11. The minimum absolute atomic E-state index is 0.0978. The maximum atomic E-state index is 12.7. The molecule has 0 atom stereocenters. The van der Waals surface area contributed by atoms with Gasteiger partial charge in [-0.15, -0.1) is 0 Å². The molecule has 3 aromatic rings. The highest BCUT2D eigenvalue weighted by Gasteiger charge is 2.30. The molecular weight excluding hydrogens is 411 g/mol. The zero-order valence-electron chi connectivity index (χ0n) is 14.8. The standard InChI is InChI=1S/C18H13ClF3N5O2/c1-10-2-5-13(8-14(10)19)26-17-15(27(28)29)16(23-9-24-17)25-12-6-3-11(4-7-12)18(20,21)22/h2-9H,1H3,(H2,23,24,25,26). The van der Waals surface area contributed by atoms with Crippen molar-refractivity contribution in [2.45, 2.75) is 13.1 Å². The Labute approximate surface area is 167 Å². The molecular formula is C18H13ClF3N5O2. The van der Waals surface area contributed by atoms with Gasteiger partial charge in [0.1, 0.15) is 6.33 Å². The van der Waals surface area contributed by atoms with Crippen molar-refractivity contribution < 1.29 is 18.1 Å². The van der Waals surface area contributed by atoms with Crippen molar-refractivity contribution in [1.82, 2.24) is 9.97 Å². The van der Waals surface area contributed by atoms with E-state index in [1.807, 2.05) is 6.92 Å². The monoisotopic (exact) mass is 423 g/mol. The van der Waals surface area contributed by atoms with Crippen LogP contribution in [-0.4, -0.2) is 14.9 Å². The van der Waals surface area contributed by atoms with Crippen LogP contribution >= 0.6 is 11.6 Å². The maximum absolute atomic E-state index is 12.7. The molecule has 2 aromatic carbocycles. The predicted molar refractivity (Wildman–Crippen MR) is 103 cm³/mol. The van der Waals surface area contributed by atoms with Gasteiger partial charge in [-0.25, -0.2) is 9.97 Å². The number of alkyl halides is 3. The van der Waals surface area contributed by atoms with E-state index in [2.05, 4.69) is 20.6 Å². The van der Waals surface area contributed by atoms with Gasteiger partial charge in [0.05, 0.1) is 10.5 Å². The Morgan fingerprint density at radius 1 is 1.00 bits per heavy atom. The fourth-order valence-corrected chi connectivity index (χ4v) is 2.60. The molecule has 0 saturated carbocycles. The van der Waals surface area contributed by atoms with Crippen molar-refractivity contribution in [2.24, 2.45) is 0 Å². The zero-order valence-corrected chi connectivity index (χ0v) is 15.5. The van der Waals surface area contributed by atoms with E-state index in [0.29, 0.717) is 10.7 Å². The Balaban J connectivity index is 1.92. The van der Waals surface area contributed by atoms with Gasteiger partial charge in [-0.3, -0.25) is 10.1 Å². The molecule has 0 aliphatic carbocycles. The number of rotatable bonds is 5. The third-order valence-corrected chi connectivity index (χ3v) is 4.32. The molecule has 0 spiro atoms. The topological polar surface area (TPSA) is 93.0 Å². The van der Waals surface area contributed by atoms with Crippen LogP contribution < -0.4 is 10.6 Å². The van der Waals surface area contributed by atoms with Crippen molar-refractivity contribution in [2.75, 3.05) is 10.6 Å². The van der Waals surface area contributed by atoms with Crippen LogP contribution in [0.25, 0.3) is 0 Å². The number of nitrogens with zero attached hydrogens (tertiary/aromatic N) is 3. The average molecular weight is 424 g/mol. The maximum Gasteiger partial charge on any atom is 0.416 e. The predicted octanol–water partition coefficient (Wildman–Crippen LogP) is 5.85. The van der Waals surface area contributed by atoms with Crippen molar-refractivity contribution in [3.63, 3.8) is 0 Å². The van der Waals surface area contributed by atoms with Crippen molar-refractivity contribution in [3.05, 3.63) is 75.1 Å². The van der Waals surface area contributed by atoms with Crippen LogP contribution in [0.4, 0.5) is 41.9 Å². The minimum atomic E-state index is -4.48. The Kier molecular flexibility index (Phi) is 5.55. The summed E-state index contributed by atoms with van der Waals surface area (Å²) in [7, 11) is 0. The van der Waals surface area contributed by atoms with Crippen LogP contribution in [-0.2, 0) is 6.18 Å². The first-order valence-electron chi connectivity index (χ1n) is 8.12. The highest BCUT2D eigenvalue weighted by molar-refractivity contribution is 6.31. The number of aryl methyl sites for hydroxylation is 1. The number of nitro groups is 1. The molecule has 0 aliphatic rings. The van der Waals surface area contributed by atoms with E-state index in [4.69, 9.17) is 11.6 Å². The van der Waals surface area contributed by atoms with Crippen LogP contribution in [0.15, 0.2) is 48.8 Å². The molecule has 29 heavy (non-hydrogen) atoms. The Hall–Kier alpha value is -3.40. The number of halogens is 4. The summed E-state index contributed by atoms with van der Waals surface area (Å²) in [5.41, 5.74) is 0.203. The van der Waals surface area contributed by atoms with Crippen molar-refractivity contribution >= 4 is 40.3 Å². The summed E-state index contributed by atoms with van der Waals surface area (Å²) in [6.07, 6.45) is -3.39. The zero-order chi connectivity index (χ0) is 21.2. The molecule has 7 nitrogen and oxygen atoms in total. The SMILES string of the molecule is Cc1ccc(Nc2ncnc(Nc3ccc(C(F)(F)F)cc3)c2[N+](=O)[O-])cc1Cl. The van der Waals surface area contributed by atoms with E-state index >= 15 is 0 Å². The highest BCUT2D eigenvalue weighted by atomic mass is 35.5. The second kappa shape index (κ2) is 7.92. The normalized spacial score (nSPS) is 11.2. The van der Waals surface area contributed by atoms with E-state index in [0.717, 1.165) is 36.2 Å². The fourth-order valence-electron chi connectivity index (χ4n) is 2.42. The summed E-state index contributed by atoms with van der Waals surface area (Å²) in [5, 5.41) is 17.5. The van der Waals surface area contributed by atoms with Gasteiger partial charge >= 0.3 is 11.9 Å². The van der Waals surface area contributed by atoms with Crippen LogP contribution in [0.2, 0.25) is 5.02 Å². The van der Waals surface area contributed by atoms with Gasteiger partial charge in [-0.2, -0.15) is 13.2 Å². The number of aromatic nitrogens is 2. The molecule has 2 N–H and O–H groups in total. The van der Waals surface area contributed by atoms with Crippen LogP contribution in [0.5, 0.6) is 0 Å². The quantitative estimate of drug-likeness (QED) is 0.395. The number of hydrogen-bond donors (Lipinski definition) is 2. The summed E-state index contributed by atoms with van der Waals surface area (Å²) < 4.78 is 38.0. The molecule has 0 fully saturated rings. The summed E-state index contributed by atoms with van der Waals surface area (Å²) in [6, 6.07) is 9.04. The molecule has 1 aromatic heterocycles. The van der Waals surface area contributed by atoms with Crippen molar-refractivity contribution in [1.29, 1.82) is 0 Å². The van der Waals surface area contributed by atoms with E-state index in [-0.39, 0.29) is 17.3 Å². The lowest BCUT2D eigenvalue weighted by Crippen LogP contribution is -2.06. The molecule has 3 rings (SSSR count). The van der Waals surface area contributed by atoms with Crippen LogP contribution in [0.3, 0.4) is 0 Å². The number of anilines is 4. The van der Waals surface area contributed by atoms with Crippen LogP contribution in [0, 0.1) is 17.0 Å². The molecule has 11 heteroatoms. The first kappa shape index (κ1) is 20.3. The molecule has 0 unspecified atom stereocenters. The first-order valence-corrected chi connectivity index (χ1v) is 8.50. The van der Waals surface area contributed by atoms with Gasteiger partial charge in [0.2, 0.25) is 11.6 Å². The van der Waals surface area contributed by atoms with E-state index in [9.17, 15) is 23.3 Å². The summed E-state index contributed by atoms with van der Waals surface area (Å²) in [6.45, 7) is 1.81. The lowest BCUT2D eigenvalue weighted by atomic mass is 10.2. The Morgan fingerprint density at radius 3 is 2.07 bits per heavy atom. The van der Waals surface area contributed by atoms with Crippen molar-refractivity contribution in [3.8, 4) is 0 Å². The molecule has 0 amide bonds. The largest absolute Gasteiger partial charge is 0.416 e. The van der Waals surface area contributed by atoms with Gasteiger partial charge in [0, 0.05) is 16.4 Å². The molecule has 0 radical (unpaired) electrons. The minimum Gasteiger partial charge on any atom is -0.334 e. The molecule has 0 aliphatic heterocycles. The number of benzene rings is 2. The number of hydrogen-bond acceptors (Lipinski definition) is 6. The van der Waals surface area contributed by atoms with E-state index in [1.165, 1.54) is 0 Å². The highest BCUT2D eigenvalue weighted by Crippen LogP contribution is 2.35. The number of nitrogens with one attached hydrogen (secondary N) is 2. The van der Waals surface area contributed by atoms with Gasteiger partial charge < -0.3 is 10.6 Å². The van der Waals surface area contributed by atoms with Gasteiger partial charge in [-0.1, -0.05) is 17.7 Å². The third-order valence-electron chi connectivity index (χ3n) is 3.91. The second-order valence-corrected chi connectivity index (χ2v) is 6.37. The summed E-state index contributed by atoms with van der Waals surface area (Å²) >= 11 is 6.07. The van der Waals surface area contributed by atoms with Gasteiger partial charge in [0.15, 0.2) is 0 Å². The first-order chi connectivity index (χ1) is 13.6. The van der Waals surface area contributed by atoms with Crippen LogP contribution in [0.1, 0.15) is 11.1 Å². The van der Waals surface area contributed by atoms with E-state index in [1.54, 1.807) is 18.2 Å². The smallest absolute Gasteiger partial charge is 0.334 e. The van der Waals surface area contributed by atoms with Gasteiger partial charge in [-0.05, 0) is 48.9 Å².